The molecular formula is C14H24N4O. The predicted molar refractivity (Wildman–Crippen MR) is 75.0 cm³/mol. The number of carbonyl (C=O) groups excluding carboxylic acids is 1. The molecule has 2 N–H and O–H groups in total. The van der Waals surface area contributed by atoms with Crippen molar-refractivity contribution in [2.24, 2.45) is 0 Å². The Hall–Kier alpha value is -1.36. The van der Waals surface area contributed by atoms with Gasteiger partial charge in [-0.1, -0.05) is 6.92 Å². The summed E-state index contributed by atoms with van der Waals surface area (Å²) in [6.07, 6.45) is 6.91. The molecule has 1 aromatic heterocycles. The molecule has 2 heterocycles. The van der Waals surface area contributed by atoms with Crippen LogP contribution in [0.2, 0.25) is 0 Å². The van der Waals surface area contributed by atoms with E-state index in [2.05, 4.69) is 27.1 Å². The van der Waals surface area contributed by atoms with Gasteiger partial charge in [-0.25, -0.2) is 4.98 Å². The first-order valence-electron chi connectivity index (χ1n) is 7.28. The molecular weight excluding hydrogens is 240 g/mol. The lowest BCUT2D eigenvalue weighted by atomic mass is 9.91. The van der Waals surface area contributed by atoms with Crippen LogP contribution in [-0.2, 0) is 11.3 Å². The summed E-state index contributed by atoms with van der Waals surface area (Å²) in [5, 5.41) is 6.19. The smallest absolute Gasteiger partial charge is 0.237 e. The zero-order chi connectivity index (χ0) is 13.7. The summed E-state index contributed by atoms with van der Waals surface area (Å²) >= 11 is 0. The molecule has 1 amide bonds. The Morgan fingerprint density at radius 2 is 2.42 bits per heavy atom. The molecule has 5 nitrogen and oxygen atoms in total. The Balaban J connectivity index is 2.04. The van der Waals surface area contributed by atoms with Gasteiger partial charge in [-0.3, -0.25) is 4.79 Å². The third kappa shape index (κ3) is 3.35. The van der Waals surface area contributed by atoms with Crippen molar-refractivity contribution in [3.8, 4) is 0 Å². The minimum atomic E-state index is -0.0783. The normalized spacial score (nSPS) is 23.3. The third-order valence-corrected chi connectivity index (χ3v) is 3.65. The number of rotatable bonds is 5. The van der Waals surface area contributed by atoms with Gasteiger partial charge >= 0.3 is 0 Å². The summed E-state index contributed by atoms with van der Waals surface area (Å²) < 4.78 is 2.23. The third-order valence-electron chi connectivity index (χ3n) is 3.65. The molecule has 0 spiro atoms. The Bertz CT molecular complexity index is 415. The molecule has 2 unspecified atom stereocenters. The quantitative estimate of drug-likeness (QED) is 0.842. The molecule has 5 heteroatoms. The molecule has 1 aliphatic heterocycles. The minimum absolute atomic E-state index is 0.0783. The molecule has 2 rings (SSSR count). The number of amides is 1. The first kappa shape index (κ1) is 14.1. The summed E-state index contributed by atoms with van der Waals surface area (Å²) in [6, 6.07) is -0.0783. The number of imidazole rings is 1. The molecule has 0 aromatic carbocycles. The summed E-state index contributed by atoms with van der Waals surface area (Å²) in [5.41, 5.74) is 0. The number of aromatic nitrogens is 2. The van der Waals surface area contributed by atoms with Crippen molar-refractivity contribution in [1.29, 1.82) is 0 Å². The Kier molecular flexibility index (Phi) is 4.96. The van der Waals surface area contributed by atoms with Crippen LogP contribution in [0.3, 0.4) is 0 Å². The van der Waals surface area contributed by atoms with Crippen molar-refractivity contribution in [2.75, 3.05) is 13.1 Å². The topological polar surface area (TPSA) is 59.0 Å². The average molecular weight is 264 g/mol. The fraction of sp³-hybridized carbons (Fsp3) is 0.714. The first-order chi connectivity index (χ1) is 9.26. The van der Waals surface area contributed by atoms with Crippen molar-refractivity contribution < 1.29 is 4.79 Å². The van der Waals surface area contributed by atoms with E-state index in [0.717, 1.165) is 38.2 Å². The number of nitrogens with zero attached hydrogens (tertiary/aromatic N) is 2. The lowest BCUT2D eigenvalue weighted by molar-refractivity contribution is -0.123. The Morgan fingerprint density at radius 3 is 3.16 bits per heavy atom. The number of piperidine rings is 1. The van der Waals surface area contributed by atoms with E-state index in [9.17, 15) is 4.79 Å². The van der Waals surface area contributed by atoms with Crippen LogP contribution < -0.4 is 10.6 Å². The van der Waals surface area contributed by atoms with Crippen LogP contribution in [0, 0.1) is 0 Å². The second kappa shape index (κ2) is 6.70. The highest BCUT2D eigenvalue weighted by atomic mass is 16.2. The highest BCUT2D eigenvalue weighted by molar-refractivity contribution is 5.81. The molecule has 2 atom stereocenters. The van der Waals surface area contributed by atoms with Crippen LogP contribution in [0.15, 0.2) is 12.4 Å². The number of hydrogen-bond acceptors (Lipinski definition) is 3. The van der Waals surface area contributed by atoms with Gasteiger partial charge in [-0.15, -0.1) is 0 Å². The summed E-state index contributed by atoms with van der Waals surface area (Å²) in [7, 11) is 0. The fourth-order valence-corrected chi connectivity index (χ4v) is 2.76. The molecule has 1 aromatic rings. The van der Waals surface area contributed by atoms with Crippen molar-refractivity contribution in [3.63, 3.8) is 0 Å². The predicted octanol–water partition coefficient (Wildman–Crippen LogP) is 1.26. The van der Waals surface area contributed by atoms with E-state index in [1.807, 2.05) is 19.3 Å². The SMILES string of the molecule is CCCn1ccnc1C1CCNC(C(=O)NCC)C1. The molecule has 0 aliphatic carbocycles. The molecule has 106 valence electrons. The van der Waals surface area contributed by atoms with Crippen LogP contribution in [0.25, 0.3) is 0 Å². The number of aryl methyl sites for hydroxylation is 1. The van der Waals surface area contributed by atoms with Gasteiger partial charge in [-0.2, -0.15) is 0 Å². The highest BCUT2D eigenvalue weighted by Gasteiger charge is 2.29. The second-order valence-electron chi connectivity index (χ2n) is 5.10. The van der Waals surface area contributed by atoms with Crippen LogP contribution >= 0.6 is 0 Å². The lowest BCUT2D eigenvalue weighted by Gasteiger charge is -2.29. The van der Waals surface area contributed by atoms with Gasteiger partial charge in [0.05, 0.1) is 6.04 Å². The van der Waals surface area contributed by atoms with Crippen molar-refractivity contribution >= 4 is 5.91 Å². The molecule has 1 saturated heterocycles. The number of carbonyl (C=O) groups is 1. The van der Waals surface area contributed by atoms with Gasteiger partial charge in [0.2, 0.25) is 5.91 Å². The van der Waals surface area contributed by atoms with Gasteiger partial charge in [0.1, 0.15) is 5.82 Å². The van der Waals surface area contributed by atoms with E-state index in [-0.39, 0.29) is 11.9 Å². The molecule has 0 saturated carbocycles. The first-order valence-corrected chi connectivity index (χ1v) is 7.28. The maximum atomic E-state index is 11.9. The van der Waals surface area contributed by atoms with Gasteiger partial charge in [0.15, 0.2) is 0 Å². The summed E-state index contributed by atoms with van der Waals surface area (Å²) in [4.78, 5) is 16.4. The Labute approximate surface area is 114 Å². The van der Waals surface area contributed by atoms with E-state index < -0.39 is 0 Å². The molecule has 0 bridgehead atoms. The van der Waals surface area contributed by atoms with Gasteiger partial charge in [0, 0.05) is 31.4 Å². The van der Waals surface area contributed by atoms with Gasteiger partial charge in [-0.05, 0) is 32.7 Å². The average Bonchev–Trinajstić information content (AvgIpc) is 2.88. The maximum Gasteiger partial charge on any atom is 0.237 e. The fourth-order valence-electron chi connectivity index (χ4n) is 2.76. The largest absolute Gasteiger partial charge is 0.355 e. The maximum absolute atomic E-state index is 11.9. The van der Waals surface area contributed by atoms with Crippen LogP contribution in [-0.4, -0.2) is 34.6 Å². The van der Waals surface area contributed by atoms with E-state index in [4.69, 9.17) is 0 Å². The summed E-state index contributed by atoms with van der Waals surface area (Å²) in [5.74, 6) is 1.63. The standard InChI is InChI=1S/C14H24N4O/c1-3-8-18-9-7-17-13(18)11-5-6-16-12(10-11)14(19)15-4-2/h7,9,11-12,16H,3-6,8,10H2,1-2H3,(H,15,19). The van der Waals surface area contributed by atoms with Crippen molar-refractivity contribution in [2.45, 2.75) is 51.6 Å². The Morgan fingerprint density at radius 1 is 1.58 bits per heavy atom. The van der Waals surface area contributed by atoms with Gasteiger partial charge in [0.25, 0.3) is 0 Å². The molecule has 1 fully saturated rings. The van der Waals surface area contributed by atoms with Crippen molar-refractivity contribution in [1.82, 2.24) is 20.2 Å². The van der Waals surface area contributed by atoms with E-state index in [1.165, 1.54) is 0 Å². The zero-order valence-electron chi connectivity index (χ0n) is 11.9. The van der Waals surface area contributed by atoms with Gasteiger partial charge < -0.3 is 15.2 Å². The lowest BCUT2D eigenvalue weighted by Crippen LogP contribution is -2.48. The second-order valence-corrected chi connectivity index (χ2v) is 5.10. The number of hydrogen-bond donors (Lipinski definition) is 2. The van der Waals surface area contributed by atoms with Crippen LogP contribution in [0.1, 0.15) is 44.9 Å². The van der Waals surface area contributed by atoms with E-state index in [0.29, 0.717) is 12.5 Å². The minimum Gasteiger partial charge on any atom is -0.355 e. The van der Waals surface area contributed by atoms with Crippen LogP contribution in [0.4, 0.5) is 0 Å². The molecule has 0 radical (unpaired) electrons. The molecule has 19 heavy (non-hydrogen) atoms. The monoisotopic (exact) mass is 264 g/mol. The van der Waals surface area contributed by atoms with Crippen molar-refractivity contribution in [3.05, 3.63) is 18.2 Å². The molecule has 1 aliphatic rings. The number of nitrogens with one attached hydrogen (secondary N) is 2. The zero-order valence-corrected chi connectivity index (χ0v) is 11.9. The summed E-state index contributed by atoms with van der Waals surface area (Å²) in [6.45, 7) is 6.69. The van der Waals surface area contributed by atoms with E-state index >= 15 is 0 Å². The number of likely N-dealkylation sites (N-methyl/N-ethyl adjacent to an activating group) is 1. The highest BCUT2D eigenvalue weighted by Crippen LogP contribution is 2.26. The van der Waals surface area contributed by atoms with E-state index in [1.54, 1.807) is 0 Å². The van der Waals surface area contributed by atoms with Crippen LogP contribution in [0.5, 0.6) is 0 Å².